The number of methoxy groups -OCH3 is 1. The summed E-state index contributed by atoms with van der Waals surface area (Å²) in [6.45, 7) is 12.5. The summed E-state index contributed by atoms with van der Waals surface area (Å²) in [6.07, 6.45) is 2.91. The lowest BCUT2D eigenvalue weighted by Gasteiger charge is -2.39. The van der Waals surface area contributed by atoms with Crippen molar-refractivity contribution in [1.29, 1.82) is 0 Å². The van der Waals surface area contributed by atoms with Crippen LogP contribution in [0.4, 0.5) is 0 Å². The van der Waals surface area contributed by atoms with E-state index in [0.29, 0.717) is 24.1 Å². The number of piperidine rings is 1. The number of hydrogen-bond donors (Lipinski definition) is 1. The number of hydrogen-bond acceptors (Lipinski definition) is 3. The van der Waals surface area contributed by atoms with Crippen LogP contribution in [0, 0.1) is 5.92 Å². The molecule has 1 aliphatic heterocycles. The van der Waals surface area contributed by atoms with E-state index in [0.717, 1.165) is 13.1 Å². The van der Waals surface area contributed by atoms with E-state index in [1.807, 2.05) is 7.11 Å². The second-order valence-corrected chi connectivity index (χ2v) is 5.78. The van der Waals surface area contributed by atoms with Crippen LogP contribution in [0.5, 0.6) is 0 Å². The van der Waals surface area contributed by atoms with Crippen LogP contribution < -0.4 is 5.32 Å². The lowest BCUT2D eigenvalue weighted by Crippen LogP contribution is -2.48. The highest BCUT2D eigenvalue weighted by Gasteiger charge is 2.28. The maximum atomic E-state index is 5.57. The third-order valence-corrected chi connectivity index (χ3v) is 3.96. The van der Waals surface area contributed by atoms with Crippen molar-refractivity contribution in [3.8, 4) is 0 Å². The molecule has 3 nitrogen and oxygen atoms in total. The van der Waals surface area contributed by atoms with Gasteiger partial charge >= 0.3 is 0 Å². The first-order valence-corrected chi connectivity index (χ1v) is 7.04. The summed E-state index contributed by atoms with van der Waals surface area (Å²) in [7, 11) is 1.84. The van der Waals surface area contributed by atoms with E-state index < -0.39 is 0 Å². The van der Waals surface area contributed by atoms with Crippen molar-refractivity contribution in [3.63, 3.8) is 0 Å². The highest BCUT2D eigenvalue weighted by Crippen LogP contribution is 2.21. The van der Waals surface area contributed by atoms with Crippen molar-refractivity contribution < 1.29 is 4.74 Å². The van der Waals surface area contributed by atoms with Crippen LogP contribution in [0.2, 0.25) is 0 Å². The Labute approximate surface area is 107 Å². The normalized spacial score (nSPS) is 28.6. The molecule has 0 radical (unpaired) electrons. The van der Waals surface area contributed by atoms with E-state index in [1.165, 1.54) is 19.4 Å². The van der Waals surface area contributed by atoms with Crippen molar-refractivity contribution in [2.45, 2.75) is 58.7 Å². The van der Waals surface area contributed by atoms with Gasteiger partial charge < -0.3 is 10.1 Å². The molecule has 0 aliphatic carbocycles. The molecule has 0 amide bonds. The van der Waals surface area contributed by atoms with Crippen LogP contribution in [0.1, 0.15) is 40.5 Å². The zero-order valence-electron chi connectivity index (χ0n) is 12.2. The summed E-state index contributed by atoms with van der Waals surface area (Å²) in [5.74, 6) is 0.706. The van der Waals surface area contributed by atoms with Crippen LogP contribution >= 0.6 is 0 Å². The highest BCUT2D eigenvalue weighted by molar-refractivity contribution is 4.81. The van der Waals surface area contributed by atoms with Crippen LogP contribution in [0.25, 0.3) is 0 Å². The van der Waals surface area contributed by atoms with E-state index >= 15 is 0 Å². The Bertz CT molecular complexity index is 208. The fourth-order valence-corrected chi connectivity index (χ4v) is 2.53. The average Bonchev–Trinajstić information content (AvgIpc) is 2.29. The molecule has 1 aliphatic rings. The van der Waals surface area contributed by atoms with Gasteiger partial charge in [0.25, 0.3) is 0 Å². The Balaban J connectivity index is 2.29. The van der Waals surface area contributed by atoms with Crippen molar-refractivity contribution in [2.75, 3.05) is 26.7 Å². The summed E-state index contributed by atoms with van der Waals surface area (Å²) in [4.78, 5) is 2.58. The van der Waals surface area contributed by atoms with Gasteiger partial charge in [0.2, 0.25) is 0 Å². The zero-order chi connectivity index (χ0) is 12.8. The van der Waals surface area contributed by atoms with Gasteiger partial charge in [0.1, 0.15) is 0 Å². The Morgan fingerprint density at radius 1 is 1.35 bits per heavy atom. The Morgan fingerprint density at radius 2 is 2.06 bits per heavy atom. The first-order chi connectivity index (χ1) is 8.04. The van der Waals surface area contributed by atoms with Gasteiger partial charge in [0.15, 0.2) is 0 Å². The van der Waals surface area contributed by atoms with Gasteiger partial charge in [-0.2, -0.15) is 0 Å². The third kappa shape index (κ3) is 4.94. The molecule has 0 bridgehead atoms. The van der Waals surface area contributed by atoms with Crippen molar-refractivity contribution in [1.82, 2.24) is 10.2 Å². The largest absolute Gasteiger partial charge is 0.380 e. The van der Waals surface area contributed by atoms with E-state index in [9.17, 15) is 0 Å². The van der Waals surface area contributed by atoms with Crippen molar-refractivity contribution >= 4 is 0 Å². The molecule has 1 heterocycles. The first-order valence-electron chi connectivity index (χ1n) is 7.04. The molecule has 17 heavy (non-hydrogen) atoms. The molecule has 102 valence electrons. The number of nitrogens with zero attached hydrogens (tertiary/aromatic N) is 1. The van der Waals surface area contributed by atoms with Crippen LogP contribution in [-0.4, -0.2) is 49.8 Å². The van der Waals surface area contributed by atoms with Gasteiger partial charge in [-0.3, -0.25) is 4.90 Å². The van der Waals surface area contributed by atoms with Gasteiger partial charge in [-0.15, -0.1) is 0 Å². The van der Waals surface area contributed by atoms with Crippen LogP contribution in [-0.2, 0) is 4.74 Å². The monoisotopic (exact) mass is 242 g/mol. The molecule has 1 N–H and O–H groups in total. The minimum Gasteiger partial charge on any atom is -0.380 e. The molecule has 0 spiro atoms. The summed E-state index contributed by atoms with van der Waals surface area (Å²) >= 11 is 0. The Hall–Kier alpha value is -0.120. The number of ether oxygens (including phenoxy) is 1. The molecule has 3 unspecified atom stereocenters. The average molecular weight is 242 g/mol. The second-order valence-electron chi connectivity index (χ2n) is 5.78. The molecule has 0 aromatic carbocycles. The summed E-state index contributed by atoms with van der Waals surface area (Å²) in [6, 6.07) is 1.25. The van der Waals surface area contributed by atoms with Gasteiger partial charge in [-0.05, 0) is 38.8 Å². The van der Waals surface area contributed by atoms with Gasteiger partial charge in [0, 0.05) is 25.7 Å². The number of likely N-dealkylation sites (tertiary alicyclic amines) is 1. The molecule has 1 rings (SSSR count). The third-order valence-electron chi connectivity index (χ3n) is 3.96. The lowest BCUT2D eigenvalue weighted by molar-refractivity contribution is -0.0176. The minimum absolute atomic E-state index is 0.421. The van der Waals surface area contributed by atoms with Crippen LogP contribution in [0.15, 0.2) is 0 Å². The van der Waals surface area contributed by atoms with Gasteiger partial charge in [0.05, 0.1) is 6.10 Å². The first kappa shape index (κ1) is 14.9. The number of rotatable bonds is 6. The SMILES string of the molecule is COC1CN(C(C)CCNC(C)C)CCC1C. The van der Waals surface area contributed by atoms with E-state index in [4.69, 9.17) is 4.74 Å². The molecule has 0 saturated carbocycles. The molecule has 3 heteroatoms. The summed E-state index contributed by atoms with van der Waals surface area (Å²) in [5.41, 5.74) is 0. The molecular weight excluding hydrogens is 212 g/mol. The fraction of sp³-hybridized carbons (Fsp3) is 1.00. The van der Waals surface area contributed by atoms with E-state index in [1.54, 1.807) is 0 Å². The predicted molar refractivity (Wildman–Crippen MR) is 73.4 cm³/mol. The molecular formula is C14H30N2O. The number of nitrogens with one attached hydrogen (secondary N) is 1. The second kappa shape index (κ2) is 7.34. The molecule has 1 fully saturated rings. The topological polar surface area (TPSA) is 24.5 Å². The summed E-state index contributed by atoms with van der Waals surface area (Å²) < 4.78 is 5.57. The highest BCUT2D eigenvalue weighted by atomic mass is 16.5. The lowest BCUT2D eigenvalue weighted by atomic mass is 9.94. The maximum Gasteiger partial charge on any atom is 0.0724 e. The zero-order valence-corrected chi connectivity index (χ0v) is 12.2. The Morgan fingerprint density at radius 3 is 2.65 bits per heavy atom. The van der Waals surface area contributed by atoms with Gasteiger partial charge in [-0.1, -0.05) is 20.8 Å². The molecule has 0 aromatic rings. The predicted octanol–water partition coefficient (Wildman–Crippen LogP) is 2.12. The minimum atomic E-state index is 0.421. The van der Waals surface area contributed by atoms with Gasteiger partial charge in [-0.25, -0.2) is 0 Å². The Kier molecular flexibility index (Phi) is 6.45. The standard InChI is InChI=1S/C14H30N2O/c1-11(2)15-8-6-13(4)16-9-7-12(3)14(10-16)17-5/h11-15H,6-10H2,1-5H3. The smallest absolute Gasteiger partial charge is 0.0724 e. The summed E-state index contributed by atoms with van der Waals surface area (Å²) in [5, 5.41) is 3.49. The molecule has 0 aromatic heterocycles. The van der Waals surface area contributed by atoms with Crippen molar-refractivity contribution in [2.24, 2.45) is 5.92 Å². The van der Waals surface area contributed by atoms with E-state index in [2.05, 4.69) is 37.9 Å². The quantitative estimate of drug-likeness (QED) is 0.772. The molecule has 1 saturated heterocycles. The van der Waals surface area contributed by atoms with Crippen molar-refractivity contribution in [3.05, 3.63) is 0 Å². The van der Waals surface area contributed by atoms with Crippen LogP contribution in [0.3, 0.4) is 0 Å². The van der Waals surface area contributed by atoms with E-state index in [-0.39, 0.29) is 0 Å². The maximum absolute atomic E-state index is 5.57. The fourth-order valence-electron chi connectivity index (χ4n) is 2.53. The molecule has 3 atom stereocenters.